The molecule has 0 spiro atoms. The first-order chi connectivity index (χ1) is 5.84. The van der Waals surface area contributed by atoms with Crippen LogP contribution in [0.15, 0.2) is 24.3 Å². The van der Waals surface area contributed by atoms with E-state index in [2.05, 4.69) is 4.98 Å². The monoisotopic (exact) mass is 159 g/mol. The lowest BCUT2D eigenvalue weighted by Crippen LogP contribution is -2.11. The maximum atomic E-state index is 11.1. The van der Waals surface area contributed by atoms with Crippen molar-refractivity contribution >= 4 is 16.9 Å². The number of benzene rings is 1. The number of fused-ring (bicyclic) bond motifs is 1. The molecule has 2 bridgehead atoms. The number of ether oxygens (including phenoxy) is 1. The van der Waals surface area contributed by atoms with Crippen molar-refractivity contribution in [3.05, 3.63) is 30.0 Å². The maximum absolute atomic E-state index is 11.1. The summed E-state index contributed by atoms with van der Waals surface area (Å²) in [5.74, 6) is 0.318. The van der Waals surface area contributed by atoms with Crippen molar-refractivity contribution < 1.29 is 9.53 Å². The molecule has 1 aromatic carbocycles. The lowest BCUT2D eigenvalue weighted by Gasteiger charge is -2.06. The second-order valence-electron chi connectivity index (χ2n) is 2.79. The minimum absolute atomic E-state index is 0.302. The maximum Gasteiger partial charge on any atom is 0.360 e. The van der Waals surface area contributed by atoms with Gasteiger partial charge in [-0.05, 0) is 12.1 Å². The number of hydrogen-bond acceptors (Lipinski definition) is 2. The second kappa shape index (κ2) is 1.69. The van der Waals surface area contributed by atoms with Gasteiger partial charge in [-0.3, -0.25) is 0 Å². The van der Waals surface area contributed by atoms with E-state index in [0.717, 1.165) is 10.9 Å². The van der Waals surface area contributed by atoms with Gasteiger partial charge in [0.2, 0.25) is 0 Å². The van der Waals surface area contributed by atoms with Crippen LogP contribution in [0.3, 0.4) is 0 Å². The van der Waals surface area contributed by atoms with E-state index >= 15 is 0 Å². The van der Waals surface area contributed by atoms with E-state index in [1.165, 1.54) is 0 Å². The van der Waals surface area contributed by atoms with E-state index in [9.17, 15) is 4.79 Å². The minimum Gasteiger partial charge on any atom is -0.420 e. The highest BCUT2D eigenvalue weighted by Gasteiger charge is 2.20. The average Bonchev–Trinajstić information content (AvgIpc) is 2.46. The van der Waals surface area contributed by atoms with Gasteiger partial charge in [-0.15, -0.1) is 0 Å². The minimum atomic E-state index is -0.302. The Balaban J connectivity index is 2.58. The fourth-order valence-electron chi connectivity index (χ4n) is 1.48. The number of carbonyl (C=O) groups excluding carboxylic acids is 1. The highest BCUT2D eigenvalue weighted by Crippen LogP contribution is 2.29. The molecule has 3 rings (SSSR count). The summed E-state index contributed by atoms with van der Waals surface area (Å²) in [7, 11) is 0. The van der Waals surface area contributed by atoms with Gasteiger partial charge in [0.1, 0.15) is 5.69 Å². The van der Waals surface area contributed by atoms with Crippen LogP contribution in [-0.4, -0.2) is 11.0 Å². The molecule has 0 radical (unpaired) electrons. The van der Waals surface area contributed by atoms with E-state index in [-0.39, 0.29) is 5.97 Å². The molecule has 12 heavy (non-hydrogen) atoms. The van der Waals surface area contributed by atoms with Crippen molar-refractivity contribution in [2.75, 3.05) is 0 Å². The predicted octanol–water partition coefficient (Wildman–Crippen LogP) is 1.70. The smallest absolute Gasteiger partial charge is 0.360 e. The molecule has 0 aliphatic carbocycles. The Morgan fingerprint density at radius 2 is 2.25 bits per heavy atom. The molecular formula is C9H5NO2. The van der Waals surface area contributed by atoms with Gasteiger partial charge in [-0.25, -0.2) is 4.79 Å². The number of nitrogens with one attached hydrogen (secondary N) is 1. The van der Waals surface area contributed by atoms with Crippen LogP contribution in [-0.2, 0) is 0 Å². The van der Waals surface area contributed by atoms with E-state index in [4.69, 9.17) is 4.74 Å². The van der Waals surface area contributed by atoms with Crippen molar-refractivity contribution in [2.45, 2.75) is 0 Å². The van der Waals surface area contributed by atoms with Crippen LogP contribution in [0.4, 0.5) is 0 Å². The Labute approximate surface area is 68.0 Å². The van der Waals surface area contributed by atoms with Gasteiger partial charge >= 0.3 is 5.97 Å². The molecular weight excluding hydrogens is 154 g/mol. The third kappa shape index (κ3) is 0.540. The molecule has 1 aliphatic heterocycles. The zero-order valence-electron chi connectivity index (χ0n) is 6.13. The molecule has 0 saturated heterocycles. The average molecular weight is 159 g/mol. The van der Waals surface area contributed by atoms with Gasteiger partial charge in [-0.2, -0.15) is 0 Å². The lowest BCUT2D eigenvalue weighted by molar-refractivity contribution is 0.0726. The summed E-state index contributed by atoms with van der Waals surface area (Å²) in [6, 6.07) is 7.39. The normalized spacial score (nSPS) is 13.8. The largest absolute Gasteiger partial charge is 0.420 e. The van der Waals surface area contributed by atoms with Crippen LogP contribution < -0.4 is 4.74 Å². The van der Waals surface area contributed by atoms with Crippen LogP contribution in [0.5, 0.6) is 5.75 Å². The predicted molar refractivity (Wildman–Crippen MR) is 43.3 cm³/mol. The highest BCUT2D eigenvalue weighted by atomic mass is 16.5. The van der Waals surface area contributed by atoms with Gasteiger partial charge in [0, 0.05) is 5.39 Å². The van der Waals surface area contributed by atoms with Gasteiger partial charge < -0.3 is 9.72 Å². The molecule has 3 nitrogen and oxygen atoms in total. The second-order valence-corrected chi connectivity index (χ2v) is 2.79. The number of carbonyl (C=O) groups is 1. The van der Waals surface area contributed by atoms with Crippen LogP contribution in [0, 0.1) is 0 Å². The summed E-state index contributed by atoms with van der Waals surface area (Å²) in [5.41, 5.74) is 1.44. The molecule has 0 amide bonds. The Hall–Kier alpha value is -1.77. The molecule has 0 unspecified atom stereocenters. The van der Waals surface area contributed by atoms with Crippen LogP contribution in [0.2, 0.25) is 0 Å². The third-order valence-electron chi connectivity index (χ3n) is 2.04. The molecule has 0 saturated carbocycles. The molecule has 1 aliphatic rings. The number of esters is 1. The van der Waals surface area contributed by atoms with Gasteiger partial charge in [0.25, 0.3) is 0 Å². The van der Waals surface area contributed by atoms with E-state index in [1.807, 2.05) is 12.1 Å². The summed E-state index contributed by atoms with van der Waals surface area (Å²) in [6.45, 7) is 0. The number of aromatic nitrogens is 1. The zero-order valence-corrected chi connectivity index (χ0v) is 6.13. The van der Waals surface area contributed by atoms with E-state index in [1.54, 1.807) is 12.1 Å². The van der Waals surface area contributed by atoms with Crippen molar-refractivity contribution in [1.29, 1.82) is 0 Å². The SMILES string of the molecule is O=C1Oc2cccc3cc1[nH]c23. The Morgan fingerprint density at radius 1 is 1.33 bits per heavy atom. The summed E-state index contributed by atoms with van der Waals surface area (Å²) in [4.78, 5) is 14.1. The van der Waals surface area contributed by atoms with Crippen LogP contribution in [0.1, 0.15) is 10.5 Å². The summed E-state index contributed by atoms with van der Waals surface area (Å²) in [6.07, 6.45) is 0. The summed E-state index contributed by atoms with van der Waals surface area (Å²) in [5, 5.41) is 1.02. The number of para-hydroxylation sites is 1. The number of hydrogen-bond donors (Lipinski definition) is 1. The Morgan fingerprint density at radius 3 is 3.17 bits per heavy atom. The number of H-pyrrole nitrogens is 1. The molecule has 3 heteroatoms. The fourth-order valence-corrected chi connectivity index (χ4v) is 1.48. The van der Waals surface area contributed by atoms with Crippen molar-refractivity contribution in [2.24, 2.45) is 0 Å². The first-order valence-electron chi connectivity index (χ1n) is 3.68. The van der Waals surface area contributed by atoms with Crippen molar-refractivity contribution in [1.82, 2.24) is 4.98 Å². The molecule has 0 fully saturated rings. The van der Waals surface area contributed by atoms with Crippen molar-refractivity contribution in [3.8, 4) is 5.75 Å². The van der Waals surface area contributed by atoms with Crippen LogP contribution in [0.25, 0.3) is 10.9 Å². The molecule has 0 atom stereocenters. The van der Waals surface area contributed by atoms with Crippen molar-refractivity contribution in [3.63, 3.8) is 0 Å². The quantitative estimate of drug-likeness (QED) is 0.469. The van der Waals surface area contributed by atoms with Gasteiger partial charge in [0.15, 0.2) is 5.75 Å². The molecule has 2 heterocycles. The number of rotatable bonds is 0. The molecule has 58 valence electrons. The van der Waals surface area contributed by atoms with Crippen LogP contribution >= 0.6 is 0 Å². The topological polar surface area (TPSA) is 42.1 Å². The summed E-state index contributed by atoms with van der Waals surface area (Å²) >= 11 is 0. The molecule has 1 aromatic heterocycles. The third-order valence-corrected chi connectivity index (χ3v) is 2.04. The Bertz CT molecular complexity index is 484. The summed E-state index contributed by atoms with van der Waals surface area (Å²) < 4.78 is 5.03. The number of aromatic amines is 1. The highest BCUT2D eigenvalue weighted by molar-refractivity contribution is 6.02. The zero-order chi connectivity index (χ0) is 8.13. The lowest BCUT2D eigenvalue weighted by atomic mass is 10.2. The first kappa shape index (κ1) is 5.83. The fraction of sp³-hybridized carbons (Fsp3) is 0. The van der Waals surface area contributed by atoms with Gasteiger partial charge in [0.05, 0.1) is 5.52 Å². The Kier molecular flexibility index (Phi) is 0.821. The first-order valence-corrected chi connectivity index (χ1v) is 3.68. The standard InChI is InChI=1S/C9H5NO2/c11-9-6-4-5-2-1-3-7(12-9)8(5)10-6/h1-4,10H. The molecule has 2 aromatic rings. The molecule has 1 N–H and O–H groups in total. The van der Waals surface area contributed by atoms with Gasteiger partial charge in [-0.1, -0.05) is 12.1 Å². The van der Waals surface area contributed by atoms with E-state index in [0.29, 0.717) is 11.4 Å². The van der Waals surface area contributed by atoms with E-state index < -0.39 is 0 Å².